The molecule has 1 aliphatic rings. The van der Waals surface area contributed by atoms with E-state index in [9.17, 15) is 14.7 Å². The molecule has 0 aromatic heterocycles. The number of aryl methyl sites for hydroxylation is 1. The van der Waals surface area contributed by atoms with Crippen molar-refractivity contribution in [2.24, 2.45) is 0 Å². The highest BCUT2D eigenvalue weighted by molar-refractivity contribution is 6.31. The first-order valence-electron chi connectivity index (χ1n) is 6.68. The van der Waals surface area contributed by atoms with Crippen LogP contribution in [0.3, 0.4) is 0 Å². The molecule has 3 rings (SSSR count). The predicted molar refractivity (Wildman–Crippen MR) is 79.3 cm³/mol. The molecule has 0 aliphatic heterocycles. The molecule has 112 valence electrons. The van der Waals surface area contributed by atoms with Gasteiger partial charge in [-0.3, -0.25) is 9.59 Å². The van der Waals surface area contributed by atoms with Crippen LogP contribution < -0.4 is 9.47 Å². The summed E-state index contributed by atoms with van der Waals surface area (Å²) in [5.41, 5.74) is 1.07. The quantitative estimate of drug-likeness (QED) is 0.787. The number of carbonyl (C=O) groups is 2. The number of rotatable bonds is 2. The number of carbonyl (C=O) groups excluding carboxylic acids is 2. The van der Waals surface area contributed by atoms with Crippen LogP contribution in [0.2, 0.25) is 0 Å². The van der Waals surface area contributed by atoms with Crippen LogP contribution in [0.4, 0.5) is 0 Å². The van der Waals surface area contributed by atoms with E-state index in [0.717, 1.165) is 0 Å². The van der Waals surface area contributed by atoms with E-state index in [1.54, 1.807) is 25.1 Å². The Morgan fingerprint density at radius 3 is 2.32 bits per heavy atom. The maximum absolute atomic E-state index is 12.8. The zero-order valence-corrected chi connectivity index (χ0v) is 12.4. The molecule has 0 amide bonds. The molecule has 2 aromatic carbocycles. The first-order chi connectivity index (χ1) is 10.5. The van der Waals surface area contributed by atoms with Gasteiger partial charge in [0.25, 0.3) is 0 Å². The topological polar surface area (TPSA) is 72.8 Å². The van der Waals surface area contributed by atoms with Gasteiger partial charge in [-0.1, -0.05) is 12.1 Å². The van der Waals surface area contributed by atoms with Crippen LogP contribution >= 0.6 is 0 Å². The summed E-state index contributed by atoms with van der Waals surface area (Å²) in [4.78, 5) is 25.6. The number of phenolic OH excluding ortho intramolecular Hbond substituents is 1. The lowest BCUT2D eigenvalue weighted by molar-refractivity contribution is 0.0971. The Balaban J connectivity index is 2.41. The third-order valence-electron chi connectivity index (χ3n) is 3.82. The van der Waals surface area contributed by atoms with Crippen LogP contribution in [0.25, 0.3) is 0 Å². The average Bonchev–Trinajstić information content (AvgIpc) is 2.51. The Kier molecular flexibility index (Phi) is 3.13. The van der Waals surface area contributed by atoms with E-state index >= 15 is 0 Å². The van der Waals surface area contributed by atoms with Gasteiger partial charge in [-0.15, -0.1) is 0 Å². The first-order valence-corrected chi connectivity index (χ1v) is 6.68. The van der Waals surface area contributed by atoms with Gasteiger partial charge < -0.3 is 14.6 Å². The highest BCUT2D eigenvalue weighted by Crippen LogP contribution is 2.42. The van der Waals surface area contributed by atoms with Gasteiger partial charge in [0, 0.05) is 5.56 Å². The highest BCUT2D eigenvalue weighted by atomic mass is 16.5. The molecule has 22 heavy (non-hydrogen) atoms. The third-order valence-corrected chi connectivity index (χ3v) is 3.82. The van der Waals surface area contributed by atoms with E-state index in [-0.39, 0.29) is 33.8 Å². The van der Waals surface area contributed by atoms with Crippen molar-refractivity contribution in [3.8, 4) is 17.2 Å². The Labute approximate surface area is 127 Å². The summed E-state index contributed by atoms with van der Waals surface area (Å²) in [7, 11) is 2.86. The molecule has 0 radical (unpaired) electrons. The number of phenols is 1. The Hall–Kier alpha value is -2.82. The van der Waals surface area contributed by atoms with Crippen molar-refractivity contribution in [1.29, 1.82) is 0 Å². The maximum atomic E-state index is 12.8. The lowest BCUT2D eigenvalue weighted by Gasteiger charge is -2.23. The summed E-state index contributed by atoms with van der Waals surface area (Å²) in [6.45, 7) is 1.71. The number of hydrogen-bond acceptors (Lipinski definition) is 5. The molecule has 0 heterocycles. The minimum absolute atomic E-state index is 0.0375. The summed E-state index contributed by atoms with van der Waals surface area (Å²) < 4.78 is 10.5. The predicted octanol–water partition coefficient (Wildman–Crippen LogP) is 2.49. The summed E-state index contributed by atoms with van der Waals surface area (Å²) in [5, 5.41) is 10.2. The second kappa shape index (κ2) is 4.87. The van der Waals surface area contributed by atoms with Crippen LogP contribution in [0.5, 0.6) is 17.2 Å². The number of aromatic hydroxyl groups is 1. The van der Waals surface area contributed by atoms with Gasteiger partial charge >= 0.3 is 0 Å². The Morgan fingerprint density at radius 1 is 0.955 bits per heavy atom. The minimum atomic E-state index is -0.446. The second-order valence-corrected chi connectivity index (χ2v) is 5.04. The van der Waals surface area contributed by atoms with Crippen LogP contribution in [-0.4, -0.2) is 30.9 Å². The van der Waals surface area contributed by atoms with Crippen molar-refractivity contribution in [3.05, 3.63) is 52.1 Å². The van der Waals surface area contributed by atoms with Gasteiger partial charge in [-0.2, -0.15) is 0 Å². The van der Waals surface area contributed by atoms with Crippen molar-refractivity contribution in [2.75, 3.05) is 14.2 Å². The van der Waals surface area contributed by atoms with Crippen LogP contribution in [0, 0.1) is 6.92 Å². The van der Waals surface area contributed by atoms with E-state index in [4.69, 9.17) is 9.47 Å². The van der Waals surface area contributed by atoms with Crippen LogP contribution in [-0.2, 0) is 0 Å². The van der Waals surface area contributed by atoms with Gasteiger partial charge in [-0.25, -0.2) is 0 Å². The molecule has 0 unspecified atom stereocenters. The molecule has 0 saturated heterocycles. The molecule has 0 fully saturated rings. The number of fused-ring (bicyclic) bond motifs is 2. The molecule has 2 aromatic rings. The zero-order chi connectivity index (χ0) is 16.0. The summed E-state index contributed by atoms with van der Waals surface area (Å²) >= 11 is 0. The van der Waals surface area contributed by atoms with E-state index in [0.29, 0.717) is 17.1 Å². The minimum Gasteiger partial charge on any atom is -0.507 e. The average molecular weight is 298 g/mol. The number of ketones is 2. The van der Waals surface area contributed by atoms with E-state index in [1.165, 1.54) is 20.3 Å². The van der Waals surface area contributed by atoms with Gasteiger partial charge in [0.05, 0.1) is 30.9 Å². The number of ether oxygens (including phenoxy) is 2. The van der Waals surface area contributed by atoms with Gasteiger partial charge in [-0.05, 0) is 24.6 Å². The van der Waals surface area contributed by atoms with E-state index in [1.807, 2.05) is 0 Å². The second-order valence-electron chi connectivity index (χ2n) is 5.04. The van der Waals surface area contributed by atoms with Gasteiger partial charge in [0.1, 0.15) is 17.2 Å². The van der Waals surface area contributed by atoms with Crippen molar-refractivity contribution in [3.63, 3.8) is 0 Å². The molecule has 1 N–H and O–H groups in total. The largest absolute Gasteiger partial charge is 0.507 e. The number of benzene rings is 2. The smallest absolute Gasteiger partial charge is 0.202 e. The van der Waals surface area contributed by atoms with Crippen LogP contribution in [0.1, 0.15) is 37.4 Å². The number of methoxy groups -OCH3 is 2. The Bertz CT molecular complexity index is 820. The van der Waals surface area contributed by atoms with Gasteiger partial charge in [0.15, 0.2) is 5.78 Å². The van der Waals surface area contributed by atoms with E-state index < -0.39 is 5.78 Å². The fourth-order valence-electron chi connectivity index (χ4n) is 2.88. The van der Waals surface area contributed by atoms with Crippen molar-refractivity contribution in [1.82, 2.24) is 0 Å². The van der Waals surface area contributed by atoms with Crippen LogP contribution in [0.15, 0.2) is 24.3 Å². The fraction of sp³-hybridized carbons (Fsp3) is 0.176. The molecule has 0 bridgehead atoms. The lowest BCUT2D eigenvalue weighted by atomic mass is 9.81. The molecule has 0 spiro atoms. The normalized spacial score (nSPS) is 12.7. The molecular weight excluding hydrogens is 284 g/mol. The molecule has 0 atom stereocenters. The fourth-order valence-corrected chi connectivity index (χ4v) is 2.88. The maximum Gasteiger partial charge on any atom is 0.202 e. The molecule has 5 nitrogen and oxygen atoms in total. The first kappa shape index (κ1) is 14.1. The number of hydrogen-bond donors (Lipinski definition) is 1. The lowest BCUT2D eigenvalue weighted by Crippen LogP contribution is -2.23. The third kappa shape index (κ3) is 1.72. The summed E-state index contributed by atoms with van der Waals surface area (Å²) in [6, 6.07) is 6.25. The molecule has 0 saturated carbocycles. The summed E-state index contributed by atoms with van der Waals surface area (Å²) in [5.74, 6) is -0.430. The van der Waals surface area contributed by atoms with Crippen molar-refractivity contribution >= 4 is 11.6 Å². The Morgan fingerprint density at radius 2 is 1.68 bits per heavy atom. The van der Waals surface area contributed by atoms with Crippen molar-refractivity contribution in [2.45, 2.75) is 6.92 Å². The SMILES string of the molecule is COc1cccc2c1C(=O)c1c(O)cc(C)c(OC)c1C2=O. The van der Waals surface area contributed by atoms with Crippen molar-refractivity contribution < 1.29 is 24.2 Å². The highest BCUT2D eigenvalue weighted by Gasteiger charge is 2.37. The molecule has 5 heteroatoms. The summed E-state index contributed by atoms with van der Waals surface area (Å²) in [6.07, 6.45) is 0. The zero-order valence-electron chi connectivity index (χ0n) is 12.4. The molecular formula is C17H14O5. The van der Waals surface area contributed by atoms with E-state index in [2.05, 4.69) is 0 Å². The van der Waals surface area contributed by atoms with Gasteiger partial charge in [0.2, 0.25) is 5.78 Å². The monoisotopic (exact) mass is 298 g/mol. The standard InChI is InChI=1S/C17H14O5/c1-8-7-10(18)13-14(17(8)22-3)15(19)9-5-4-6-11(21-2)12(9)16(13)20/h4-7,18H,1-3H3. The molecule has 1 aliphatic carbocycles.